The highest BCUT2D eigenvalue weighted by Crippen LogP contribution is 2.25. The second kappa shape index (κ2) is 8.82. The Morgan fingerprint density at radius 2 is 1.97 bits per heavy atom. The Morgan fingerprint density at radius 3 is 2.60 bits per heavy atom. The van der Waals surface area contributed by atoms with E-state index in [1.807, 2.05) is 20.8 Å². The number of carbonyl (C=O) groups is 1. The quantitative estimate of drug-likeness (QED) is 0.437. The summed E-state index contributed by atoms with van der Waals surface area (Å²) in [5.41, 5.74) is 13.2. The van der Waals surface area contributed by atoms with Gasteiger partial charge in [-0.3, -0.25) is 9.78 Å². The predicted octanol–water partition coefficient (Wildman–Crippen LogP) is 1.89. The van der Waals surface area contributed by atoms with Crippen molar-refractivity contribution in [2.75, 3.05) is 10.6 Å². The summed E-state index contributed by atoms with van der Waals surface area (Å²) < 4.78 is 14.5. The number of anilines is 3. The van der Waals surface area contributed by atoms with Crippen molar-refractivity contribution in [2.24, 2.45) is 11.5 Å². The number of carbonyl (C=O) groups excluding carboxylic acids is 1. The number of nitrogens with one attached hydrogen (secondary N) is 2. The van der Waals surface area contributed by atoms with Crippen LogP contribution in [-0.2, 0) is 0 Å². The lowest BCUT2D eigenvalue weighted by Gasteiger charge is -2.21. The summed E-state index contributed by atoms with van der Waals surface area (Å²) in [5.74, 6) is -1.46. The molecule has 0 radical (unpaired) electrons. The van der Waals surface area contributed by atoms with Crippen molar-refractivity contribution in [1.82, 2.24) is 25.0 Å². The van der Waals surface area contributed by atoms with Gasteiger partial charge in [0, 0.05) is 12.1 Å². The predicted molar refractivity (Wildman–Crippen MR) is 111 cm³/mol. The highest BCUT2D eigenvalue weighted by atomic mass is 19.1. The van der Waals surface area contributed by atoms with Gasteiger partial charge in [-0.05, 0) is 32.4 Å². The summed E-state index contributed by atoms with van der Waals surface area (Å²) in [7, 11) is 0. The molecular weight excluding hydrogens is 389 g/mol. The molecule has 3 aromatic heterocycles. The summed E-state index contributed by atoms with van der Waals surface area (Å²) in [5, 5.41) is 14.1. The lowest BCUT2D eigenvalue weighted by Crippen LogP contribution is -2.38. The van der Waals surface area contributed by atoms with E-state index in [0.29, 0.717) is 23.5 Å². The molecule has 3 rings (SSSR count). The third-order valence-corrected chi connectivity index (χ3v) is 4.68. The Hall–Kier alpha value is -3.60. The van der Waals surface area contributed by atoms with Crippen LogP contribution >= 0.6 is 0 Å². The lowest BCUT2D eigenvalue weighted by molar-refractivity contribution is 0.100. The van der Waals surface area contributed by atoms with Gasteiger partial charge in [0.25, 0.3) is 5.91 Å². The lowest BCUT2D eigenvalue weighted by atomic mass is 10.1. The molecule has 0 saturated heterocycles. The van der Waals surface area contributed by atoms with Crippen LogP contribution in [0, 0.1) is 12.7 Å². The number of hydrogen-bond acceptors (Lipinski definition) is 8. The van der Waals surface area contributed by atoms with Crippen molar-refractivity contribution in [1.29, 1.82) is 0 Å². The van der Waals surface area contributed by atoms with E-state index < -0.39 is 11.7 Å². The van der Waals surface area contributed by atoms with Crippen LogP contribution in [0.25, 0.3) is 5.69 Å². The number of rotatable bonds is 8. The monoisotopic (exact) mass is 413 g/mol. The molecule has 11 heteroatoms. The van der Waals surface area contributed by atoms with Crippen molar-refractivity contribution in [3.8, 4) is 5.69 Å². The number of aryl methyl sites for hydroxylation is 1. The largest absolute Gasteiger partial charge is 0.365 e. The number of hydrogen-bond donors (Lipinski definition) is 4. The summed E-state index contributed by atoms with van der Waals surface area (Å²) in [4.78, 5) is 21.8. The van der Waals surface area contributed by atoms with Gasteiger partial charge in [-0.2, -0.15) is 10.2 Å². The molecule has 0 unspecified atom stereocenters. The fourth-order valence-electron chi connectivity index (χ4n) is 2.82. The summed E-state index contributed by atoms with van der Waals surface area (Å²) >= 11 is 0. The van der Waals surface area contributed by atoms with Crippen molar-refractivity contribution >= 4 is 23.2 Å². The molecule has 0 aliphatic carbocycles. The van der Waals surface area contributed by atoms with Gasteiger partial charge >= 0.3 is 0 Å². The first-order valence-electron chi connectivity index (χ1n) is 9.43. The van der Waals surface area contributed by atoms with E-state index in [-0.39, 0.29) is 29.3 Å². The molecule has 6 N–H and O–H groups in total. The molecule has 0 saturated carbocycles. The molecule has 158 valence electrons. The molecule has 0 aromatic carbocycles. The smallest absolute Gasteiger partial charge is 0.252 e. The van der Waals surface area contributed by atoms with Crippen molar-refractivity contribution < 1.29 is 9.18 Å². The Bertz CT molecular complexity index is 1040. The molecule has 1 amide bonds. The number of nitrogens with zero attached hydrogens (tertiary/aromatic N) is 5. The highest BCUT2D eigenvalue weighted by molar-refractivity contribution is 5.98. The first kappa shape index (κ1) is 21.1. The molecule has 30 heavy (non-hydrogen) atoms. The van der Waals surface area contributed by atoms with E-state index >= 15 is 0 Å². The minimum Gasteiger partial charge on any atom is -0.365 e. The molecule has 2 atom stereocenters. The van der Waals surface area contributed by atoms with Crippen molar-refractivity contribution in [3.63, 3.8) is 0 Å². The van der Waals surface area contributed by atoms with Crippen LogP contribution in [0.1, 0.15) is 36.3 Å². The van der Waals surface area contributed by atoms with Crippen LogP contribution < -0.4 is 22.1 Å². The maximum Gasteiger partial charge on any atom is 0.252 e. The maximum atomic E-state index is 14.5. The third-order valence-electron chi connectivity index (χ3n) is 4.68. The molecule has 3 heterocycles. The van der Waals surface area contributed by atoms with E-state index in [2.05, 4.69) is 30.8 Å². The summed E-state index contributed by atoms with van der Waals surface area (Å²) in [6.07, 6.45) is 5.36. The topological polar surface area (TPSA) is 150 Å². The average molecular weight is 413 g/mol. The zero-order valence-corrected chi connectivity index (χ0v) is 16.9. The van der Waals surface area contributed by atoms with Gasteiger partial charge in [0.15, 0.2) is 11.6 Å². The number of pyridine rings is 2. The molecule has 0 aliphatic heterocycles. The number of halogens is 1. The molecule has 0 bridgehead atoms. The Labute approximate surface area is 172 Å². The van der Waals surface area contributed by atoms with Gasteiger partial charge in [-0.25, -0.2) is 9.37 Å². The van der Waals surface area contributed by atoms with Crippen molar-refractivity contribution in [3.05, 3.63) is 47.8 Å². The van der Waals surface area contributed by atoms with Crippen LogP contribution in [0.4, 0.5) is 21.7 Å². The Morgan fingerprint density at radius 1 is 1.27 bits per heavy atom. The first-order chi connectivity index (χ1) is 14.3. The van der Waals surface area contributed by atoms with Crippen LogP contribution in [0.2, 0.25) is 0 Å². The Balaban J connectivity index is 1.97. The number of amides is 1. The SMILES string of the molecule is CC[C@H](N)[C@@H](C)Nc1nc(Nc2cnc(C)c(-n3nccn3)c2)c(C(N)=O)cc1F. The summed E-state index contributed by atoms with van der Waals surface area (Å²) in [6, 6.07) is 2.36. The van der Waals surface area contributed by atoms with Gasteiger partial charge in [0.1, 0.15) is 11.5 Å². The van der Waals surface area contributed by atoms with Crippen LogP contribution in [0.3, 0.4) is 0 Å². The first-order valence-corrected chi connectivity index (χ1v) is 9.43. The minimum atomic E-state index is -0.817. The van der Waals surface area contributed by atoms with Gasteiger partial charge in [0.05, 0.1) is 35.5 Å². The van der Waals surface area contributed by atoms with Crippen LogP contribution in [0.15, 0.2) is 30.7 Å². The highest BCUT2D eigenvalue weighted by Gasteiger charge is 2.19. The Kier molecular flexibility index (Phi) is 6.21. The normalized spacial score (nSPS) is 13.0. The second-order valence-electron chi connectivity index (χ2n) is 6.86. The van der Waals surface area contributed by atoms with E-state index in [1.165, 1.54) is 4.80 Å². The number of nitrogens with two attached hydrogens (primary N) is 2. The van der Waals surface area contributed by atoms with Gasteiger partial charge in [0.2, 0.25) is 0 Å². The van der Waals surface area contributed by atoms with Crippen LogP contribution in [-0.4, -0.2) is 43.0 Å². The van der Waals surface area contributed by atoms with Gasteiger partial charge in [-0.15, -0.1) is 4.80 Å². The minimum absolute atomic E-state index is 0.0343. The van der Waals surface area contributed by atoms with Crippen LogP contribution in [0.5, 0.6) is 0 Å². The molecule has 3 aromatic rings. The number of aromatic nitrogens is 5. The third kappa shape index (κ3) is 4.51. The fourth-order valence-corrected chi connectivity index (χ4v) is 2.82. The van der Waals surface area contributed by atoms with E-state index in [4.69, 9.17) is 11.5 Å². The van der Waals surface area contributed by atoms with Gasteiger partial charge < -0.3 is 22.1 Å². The molecular formula is C19H24FN9O. The van der Waals surface area contributed by atoms with Gasteiger partial charge in [-0.1, -0.05) is 6.92 Å². The maximum absolute atomic E-state index is 14.5. The number of primary amides is 1. The zero-order valence-electron chi connectivity index (χ0n) is 16.9. The molecule has 0 aliphatic rings. The molecule has 0 fully saturated rings. The van der Waals surface area contributed by atoms with E-state index in [1.54, 1.807) is 24.7 Å². The fraction of sp³-hybridized carbons (Fsp3) is 0.316. The molecule has 10 nitrogen and oxygen atoms in total. The second-order valence-corrected chi connectivity index (χ2v) is 6.86. The average Bonchev–Trinajstić information content (AvgIpc) is 3.25. The summed E-state index contributed by atoms with van der Waals surface area (Å²) in [6.45, 7) is 5.58. The van der Waals surface area contributed by atoms with Crippen molar-refractivity contribution in [2.45, 2.75) is 39.3 Å². The van der Waals surface area contributed by atoms with E-state index in [9.17, 15) is 9.18 Å². The molecule has 0 spiro atoms. The van der Waals surface area contributed by atoms with E-state index in [0.717, 1.165) is 6.07 Å². The standard InChI is InChI=1S/C19H24FN9O/c1-4-15(21)10(2)26-19-14(20)8-13(17(22)30)18(28-19)27-12-7-16(11(3)23-9-12)29-24-5-6-25-29/h5-10,15H,4,21H2,1-3H3,(H2,22,30)(H2,26,27,28)/t10-,15+/m1/s1. The zero-order chi connectivity index (χ0) is 21.8.